The third-order valence-corrected chi connectivity index (χ3v) is 2.68. The number of ketones is 1. The molecule has 1 rings (SSSR count). The maximum Gasteiger partial charge on any atom is 0.163 e. The van der Waals surface area contributed by atoms with Gasteiger partial charge in [0.1, 0.15) is 11.5 Å². The fourth-order valence-corrected chi connectivity index (χ4v) is 1.57. The minimum absolute atomic E-state index is 0.0318. The van der Waals surface area contributed by atoms with Crippen molar-refractivity contribution in [1.29, 1.82) is 0 Å². The molecule has 1 aromatic rings. The molecular weight excluding hydrogens is 192 g/mol. The number of carbonyl (C=O) groups excluding carboxylic acids is 1. The van der Waals surface area contributed by atoms with E-state index in [4.69, 9.17) is 0 Å². The van der Waals surface area contributed by atoms with Gasteiger partial charge >= 0.3 is 0 Å². The first kappa shape index (κ1) is 11.6. The zero-order valence-corrected chi connectivity index (χ0v) is 9.24. The van der Waals surface area contributed by atoms with Crippen LogP contribution in [0.3, 0.4) is 0 Å². The zero-order chi connectivity index (χ0) is 11.6. The summed E-state index contributed by atoms with van der Waals surface area (Å²) in [5.74, 6) is -0.204. The number of phenols is 2. The number of carbonyl (C=O) groups is 1. The number of rotatable bonds is 3. The van der Waals surface area contributed by atoms with Crippen LogP contribution in [0.2, 0.25) is 0 Å². The summed E-state index contributed by atoms with van der Waals surface area (Å²) in [6, 6.07) is 2.90. The van der Waals surface area contributed by atoms with Gasteiger partial charge in [-0.1, -0.05) is 13.8 Å². The van der Waals surface area contributed by atoms with Crippen LogP contribution in [0.4, 0.5) is 0 Å². The summed E-state index contributed by atoms with van der Waals surface area (Å²) < 4.78 is 0. The summed E-state index contributed by atoms with van der Waals surface area (Å²) in [6.45, 7) is 5.26. The molecule has 2 N–H and O–H groups in total. The van der Waals surface area contributed by atoms with Crippen molar-refractivity contribution in [1.82, 2.24) is 0 Å². The van der Waals surface area contributed by atoms with Gasteiger partial charge in [0.15, 0.2) is 5.78 Å². The molecule has 3 heteroatoms. The molecule has 0 aliphatic heterocycles. The van der Waals surface area contributed by atoms with Gasteiger partial charge in [0.05, 0.1) is 5.56 Å². The van der Waals surface area contributed by atoms with Crippen molar-refractivity contribution in [3.05, 3.63) is 23.3 Å². The third kappa shape index (κ3) is 2.12. The zero-order valence-electron chi connectivity index (χ0n) is 9.24. The fraction of sp³-hybridized carbons (Fsp3) is 0.417. The molecule has 3 nitrogen and oxygen atoms in total. The number of hydrogen-bond acceptors (Lipinski definition) is 3. The van der Waals surface area contributed by atoms with Crippen LogP contribution >= 0.6 is 0 Å². The van der Waals surface area contributed by atoms with E-state index in [0.717, 1.165) is 6.42 Å². The van der Waals surface area contributed by atoms with Crippen LogP contribution in [0.5, 0.6) is 11.5 Å². The highest BCUT2D eigenvalue weighted by Crippen LogP contribution is 2.37. The maximum absolute atomic E-state index is 11.2. The minimum atomic E-state index is -0.197. The van der Waals surface area contributed by atoms with Crippen LogP contribution in [0.15, 0.2) is 12.1 Å². The maximum atomic E-state index is 11.2. The lowest BCUT2D eigenvalue weighted by atomic mass is 9.93. The van der Waals surface area contributed by atoms with E-state index in [0.29, 0.717) is 5.56 Å². The molecule has 1 atom stereocenters. The van der Waals surface area contributed by atoms with Crippen molar-refractivity contribution in [3.8, 4) is 11.5 Å². The van der Waals surface area contributed by atoms with Gasteiger partial charge < -0.3 is 10.2 Å². The van der Waals surface area contributed by atoms with Crippen molar-refractivity contribution in [2.45, 2.75) is 33.1 Å². The summed E-state index contributed by atoms with van der Waals surface area (Å²) >= 11 is 0. The van der Waals surface area contributed by atoms with Crippen molar-refractivity contribution in [2.24, 2.45) is 0 Å². The molecule has 0 saturated heterocycles. The van der Waals surface area contributed by atoms with E-state index in [1.54, 1.807) is 0 Å². The smallest absolute Gasteiger partial charge is 0.163 e. The highest BCUT2D eigenvalue weighted by molar-refractivity contribution is 5.97. The van der Waals surface area contributed by atoms with Crippen molar-refractivity contribution in [3.63, 3.8) is 0 Å². The Hall–Kier alpha value is -1.51. The van der Waals surface area contributed by atoms with Crippen molar-refractivity contribution >= 4 is 5.78 Å². The van der Waals surface area contributed by atoms with Gasteiger partial charge in [-0.05, 0) is 31.4 Å². The standard InChI is InChI=1S/C12H16O3/c1-4-7(2)11-10(14)6-5-9(8(3)13)12(11)15/h5-7,14-15H,4H2,1-3H3. The van der Waals surface area contributed by atoms with E-state index in [2.05, 4.69) is 0 Å². The second-order valence-electron chi connectivity index (χ2n) is 3.76. The Balaban J connectivity index is 3.36. The lowest BCUT2D eigenvalue weighted by Gasteiger charge is -2.15. The minimum Gasteiger partial charge on any atom is -0.508 e. The summed E-state index contributed by atoms with van der Waals surface area (Å²) in [7, 11) is 0. The predicted molar refractivity (Wildman–Crippen MR) is 58.5 cm³/mol. The quantitative estimate of drug-likeness (QED) is 0.751. The number of hydrogen-bond donors (Lipinski definition) is 2. The Morgan fingerprint density at radius 1 is 1.40 bits per heavy atom. The van der Waals surface area contributed by atoms with E-state index in [1.807, 2.05) is 13.8 Å². The lowest BCUT2D eigenvalue weighted by molar-refractivity contribution is 0.101. The van der Waals surface area contributed by atoms with Crippen LogP contribution in [0.25, 0.3) is 0 Å². The third-order valence-electron chi connectivity index (χ3n) is 2.68. The van der Waals surface area contributed by atoms with Crippen LogP contribution in [0.1, 0.15) is 49.0 Å². The van der Waals surface area contributed by atoms with E-state index >= 15 is 0 Å². The fourth-order valence-electron chi connectivity index (χ4n) is 1.57. The Morgan fingerprint density at radius 3 is 2.47 bits per heavy atom. The first-order valence-corrected chi connectivity index (χ1v) is 5.04. The normalized spacial score (nSPS) is 12.5. The summed E-state index contributed by atoms with van der Waals surface area (Å²) in [6.07, 6.45) is 0.794. The molecule has 0 aliphatic carbocycles. The molecule has 0 bridgehead atoms. The highest BCUT2D eigenvalue weighted by atomic mass is 16.3. The van der Waals surface area contributed by atoms with Crippen molar-refractivity contribution in [2.75, 3.05) is 0 Å². The van der Waals surface area contributed by atoms with Gasteiger partial charge in [-0.15, -0.1) is 0 Å². The Morgan fingerprint density at radius 2 is 2.00 bits per heavy atom. The van der Waals surface area contributed by atoms with E-state index in [9.17, 15) is 15.0 Å². The summed E-state index contributed by atoms with van der Waals surface area (Å²) in [4.78, 5) is 11.2. The van der Waals surface area contributed by atoms with Crippen LogP contribution < -0.4 is 0 Å². The van der Waals surface area contributed by atoms with Crippen molar-refractivity contribution < 1.29 is 15.0 Å². The van der Waals surface area contributed by atoms with E-state index < -0.39 is 0 Å². The SMILES string of the molecule is CCC(C)c1c(O)ccc(C(C)=O)c1O. The number of aromatic hydroxyl groups is 2. The molecule has 0 amide bonds. The molecule has 1 aromatic carbocycles. The van der Waals surface area contributed by atoms with Crippen LogP contribution in [-0.4, -0.2) is 16.0 Å². The molecule has 1 unspecified atom stereocenters. The van der Waals surface area contributed by atoms with Gasteiger partial charge in [-0.2, -0.15) is 0 Å². The summed E-state index contributed by atoms with van der Waals surface area (Å²) in [5.41, 5.74) is 0.730. The largest absolute Gasteiger partial charge is 0.508 e. The number of benzene rings is 1. The molecule has 15 heavy (non-hydrogen) atoms. The van der Waals surface area contributed by atoms with Gasteiger partial charge in [0, 0.05) is 5.56 Å². The average Bonchev–Trinajstić information content (AvgIpc) is 2.16. The Labute approximate surface area is 89.4 Å². The molecule has 0 aliphatic rings. The second-order valence-corrected chi connectivity index (χ2v) is 3.76. The topological polar surface area (TPSA) is 57.5 Å². The number of phenolic OH excluding ortho intramolecular Hbond substituents is 2. The first-order chi connectivity index (χ1) is 6.99. The summed E-state index contributed by atoms with van der Waals surface area (Å²) in [5, 5.41) is 19.5. The first-order valence-electron chi connectivity index (χ1n) is 5.04. The van der Waals surface area contributed by atoms with Crippen LogP contribution in [-0.2, 0) is 0 Å². The lowest BCUT2D eigenvalue weighted by Crippen LogP contribution is -1.99. The van der Waals surface area contributed by atoms with E-state index in [-0.39, 0.29) is 28.8 Å². The van der Waals surface area contributed by atoms with Crippen LogP contribution in [0, 0.1) is 0 Å². The molecule has 0 fully saturated rings. The molecular formula is C12H16O3. The van der Waals surface area contributed by atoms with E-state index in [1.165, 1.54) is 19.1 Å². The van der Waals surface area contributed by atoms with Gasteiger partial charge in [0.2, 0.25) is 0 Å². The van der Waals surface area contributed by atoms with Gasteiger partial charge in [0.25, 0.3) is 0 Å². The Bertz CT molecular complexity index is 383. The highest BCUT2D eigenvalue weighted by Gasteiger charge is 2.18. The molecule has 0 heterocycles. The van der Waals surface area contributed by atoms with Gasteiger partial charge in [-0.3, -0.25) is 4.79 Å². The molecule has 0 aromatic heterocycles. The molecule has 82 valence electrons. The predicted octanol–water partition coefficient (Wildman–Crippen LogP) is 2.81. The average molecular weight is 208 g/mol. The second kappa shape index (κ2) is 4.34. The Kier molecular flexibility index (Phi) is 3.35. The molecule has 0 spiro atoms. The number of Topliss-reactive ketones (excluding diaryl/α,β-unsaturated/α-hetero) is 1. The monoisotopic (exact) mass is 208 g/mol. The van der Waals surface area contributed by atoms with Gasteiger partial charge in [-0.25, -0.2) is 0 Å². The molecule has 0 saturated carbocycles. The molecule has 0 radical (unpaired) electrons.